The van der Waals surface area contributed by atoms with E-state index in [2.05, 4.69) is 15.1 Å². The number of aromatic amines is 1. The molecule has 0 saturated carbocycles. The monoisotopic (exact) mass is 324 g/mol. The van der Waals surface area contributed by atoms with Crippen LogP contribution in [0.15, 0.2) is 22.4 Å². The SMILES string of the molecule is N/N=C(/N)c1cn([C@@H]2O[C@H](CO)[C@@H](O)[C@@H]2O)c2nc[nH]c(=O)c12. The number of hydrogen-bond acceptors (Lipinski definition) is 8. The number of aliphatic hydroxyl groups is 3. The van der Waals surface area contributed by atoms with Gasteiger partial charge in [-0.25, -0.2) is 4.98 Å². The number of ether oxygens (including phenoxy) is 1. The highest BCUT2D eigenvalue weighted by atomic mass is 16.6. The lowest BCUT2D eigenvalue weighted by Crippen LogP contribution is -2.33. The van der Waals surface area contributed by atoms with Gasteiger partial charge in [-0.05, 0) is 0 Å². The Morgan fingerprint density at radius 1 is 1.48 bits per heavy atom. The molecule has 0 spiro atoms. The van der Waals surface area contributed by atoms with Gasteiger partial charge in [0.05, 0.1) is 23.9 Å². The van der Waals surface area contributed by atoms with Gasteiger partial charge in [0.2, 0.25) is 0 Å². The number of amidine groups is 1. The highest BCUT2D eigenvalue weighted by Gasteiger charge is 2.44. The van der Waals surface area contributed by atoms with Crippen LogP contribution in [0.4, 0.5) is 0 Å². The summed E-state index contributed by atoms with van der Waals surface area (Å²) >= 11 is 0. The number of H-pyrrole nitrogens is 1. The first-order valence-electron chi connectivity index (χ1n) is 6.74. The van der Waals surface area contributed by atoms with Crippen molar-refractivity contribution in [2.45, 2.75) is 24.5 Å². The number of nitrogens with one attached hydrogen (secondary N) is 1. The molecule has 1 aliphatic heterocycles. The van der Waals surface area contributed by atoms with Gasteiger partial charge in [0.1, 0.15) is 24.0 Å². The number of aliphatic hydroxyl groups excluding tert-OH is 3. The summed E-state index contributed by atoms with van der Waals surface area (Å²) in [7, 11) is 0. The van der Waals surface area contributed by atoms with Crippen LogP contribution < -0.4 is 17.1 Å². The number of nitrogens with two attached hydrogens (primary N) is 2. The van der Waals surface area contributed by atoms with Crippen LogP contribution in [-0.2, 0) is 4.74 Å². The van der Waals surface area contributed by atoms with Gasteiger partial charge in [0.25, 0.3) is 5.56 Å². The second kappa shape index (κ2) is 5.62. The molecule has 0 aromatic carbocycles. The molecule has 0 amide bonds. The first-order chi connectivity index (χ1) is 11.0. The highest BCUT2D eigenvalue weighted by molar-refractivity contribution is 6.07. The summed E-state index contributed by atoms with van der Waals surface area (Å²) in [4.78, 5) is 18.5. The fraction of sp³-hybridized carbons (Fsp3) is 0.417. The molecule has 23 heavy (non-hydrogen) atoms. The van der Waals surface area contributed by atoms with E-state index in [4.69, 9.17) is 16.3 Å². The lowest BCUT2D eigenvalue weighted by atomic mass is 10.1. The molecular weight excluding hydrogens is 308 g/mol. The Hall–Kier alpha value is -2.47. The standard InChI is InChI=1S/C12H16N6O5/c13-9(17-14)4-1-18(10-6(4)11(22)16-3-15-10)12-8(21)7(20)5(2-19)23-12/h1,3,5,7-8,12,19-21H,2,14H2,(H2,13,17)(H,15,16,22)/t5-,7-,8+,12-/m1/s1. The molecule has 3 heterocycles. The number of nitrogens with zero attached hydrogens (tertiary/aromatic N) is 3. The van der Waals surface area contributed by atoms with Gasteiger partial charge in [-0.15, -0.1) is 0 Å². The van der Waals surface area contributed by atoms with E-state index in [0.29, 0.717) is 0 Å². The van der Waals surface area contributed by atoms with Crippen molar-refractivity contribution >= 4 is 16.9 Å². The molecule has 11 heteroatoms. The minimum atomic E-state index is -1.33. The lowest BCUT2D eigenvalue weighted by molar-refractivity contribution is -0.0508. The fourth-order valence-electron chi connectivity index (χ4n) is 2.66. The molecule has 2 aromatic heterocycles. The van der Waals surface area contributed by atoms with Gasteiger partial charge in [0.15, 0.2) is 12.1 Å². The number of rotatable bonds is 3. The first-order valence-corrected chi connectivity index (χ1v) is 6.74. The molecule has 0 unspecified atom stereocenters. The summed E-state index contributed by atoms with van der Waals surface area (Å²) in [5.74, 6) is 5.07. The number of fused-ring (bicyclic) bond motifs is 1. The highest BCUT2D eigenvalue weighted by Crippen LogP contribution is 2.32. The minimum absolute atomic E-state index is 0.0982. The van der Waals surface area contributed by atoms with Crippen LogP contribution in [-0.4, -0.2) is 60.6 Å². The van der Waals surface area contributed by atoms with E-state index in [1.54, 1.807) is 0 Å². The third kappa shape index (κ3) is 2.26. The smallest absolute Gasteiger partial charge is 0.260 e. The van der Waals surface area contributed by atoms with Gasteiger partial charge in [0, 0.05) is 6.20 Å². The summed E-state index contributed by atoms with van der Waals surface area (Å²) in [6.45, 7) is -0.471. The molecule has 8 N–H and O–H groups in total. The normalized spacial score (nSPS) is 28.6. The predicted octanol–water partition coefficient (Wildman–Crippen LogP) is -3.08. The van der Waals surface area contributed by atoms with E-state index in [-0.39, 0.29) is 22.4 Å². The molecule has 124 valence electrons. The maximum atomic E-state index is 12.1. The van der Waals surface area contributed by atoms with Crippen LogP contribution in [0.5, 0.6) is 0 Å². The second-order valence-corrected chi connectivity index (χ2v) is 5.12. The van der Waals surface area contributed by atoms with Crippen molar-refractivity contribution in [2.24, 2.45) is 16.7 Å². The predicted molar refractivity (Wildman–Crippen MR) is 78.3 cm³/mol. The summed E-state index contributed by atoms with van der Waals surface area (Å²) < 4.78 is 6.79. The average Bonchev–Trinajstić information content (AvgIpc) is 3.07. The third-order valence-electron chi connectivity index (χ3n) is 3.82. The summed E-state index contributed by atoms with van der Waals surface area (Å²) in [6, 6.07) is 0. The Labute approximate surface area is 128 Å². The van der Waals surface area contributed by atoms with Crippen LogP contribution in [0.3, 0.4) is 0 Å². The summed E-state index contributed by atoms with van der Waals surface area (Å²) in [5, 5.41) is 32.7. The zero-order chi connectivity index (χ0) is 16.7. The summed E-state index contributed by atoms with van der Waals surface area (Å²) in [5.41, 5.74) is 5.61. The quantitative estimate of drug-likeness (QED) is 0.148. The van der Waals surface area contributed by atoms with Gasteiger partial charge in [-0.3, -0.25) is 4.79 Å². The molecule has 1 fully saturated rings. The largest absolute Gasteiger partial charge is 0.394 e. The molecule has 0 aliphatic carbocycles. The van der Waals surface area contributed by atoms with Crippen molar-refractivity contribution in [2.75, 3.05) is 6.61 Å². The molecule has 2 aromatic rings. The number of aromatic nitrogens is 3. The molecule has 1 saturated heterocycles. The minimum Gasteiger partial charge on any atom is -0.394 e. The molecule has 0 radical (unpaired) electrons. The zero-order valence-corrected chi connectivity index (χ0v) is 11.8. The Bertz CT molecular complexity index is 814. The molecule has 11 nitrogen and oxygen atoms in total. The Kier molecular flexibility index (Phi) is 3.77. The first kappa shape index (κ1) is 15.4. The number of hydrazone groups is 1. The van der Waals surface area contributed by atoms with Crippen molar-refractivity contribution < 1.29 is 20.1 Å². The van der Waals surface area contributed by atoms with Crippen molar-refractivity contribution in [1.29, 1.82) is 0 Å². The maximum absolute atomic E-state index is 12.1. The van der Waals surface area contributed by atoms with Gasteiger partial charge in [-0.2, -0.15) is 5.10 Å². The van der Waals surface area contributed by atoms with Crippen molar-refractivity contribution in [3.8, 4) is 0 Å². The van der Waals surface area contributed by atoms with Crippen LogP contribution in [0.1, 0.15) is 11.8 Å². The Morgan fingerprint density at radius 2 is 2.22 bits per heavy atom. The Morgan fingerprint density at radius 3 is 2.83 bits per heavy atom. The van der Waals surface area contributed by atoms with Crippen LogP contribution >= 0.6 is 0 Å². The lowest BCUT2D eigenvalue weighted by Gasteiger charge is -2.17. The van der Waals surface area contributed by atoms with E-state index in [1.807, 2.05) is 0 Å². The zero-order valence-electron chi connectivity index (χ0n) is 11.8. The van der Waals surface area contributed by atoms with Crippen molar-refractivity contribution in [1.82, 2.24) is 14.5 Å². The van der Waals surface area contributed by atoms with Crippen LogP contribution in [0.2, 0.25) is 0 Å². The Balaban J connectivity index is 2.20. The molecule has 1 aliphatic rings. The second-order valence-electron chi connectivity index (χ2n) is 5.12. The van der Waals surface area contributed by atoms with E-state index < -0.39 is 36.7 Å². The van der Waals surface area contributed by atoms with E-state index in [0.717, 1.165) is 0 Å². The van der Waals surface area contributed by atoms with Crippen LogP contribution in [0.25, 0.3) is 11.0 Å². The van der Waals surface area contributed by atoms with Gasteiger partial charge < -0.3 is 41.2 Å². The third-order valence-corrected chi connectivity index (χ3v) is 3.82. The van der Waals surface area contributed by atoms with E-state index in [9.17, 15) is 20.1 Å². The molecular formula is C12H16N6O5. The fourth-order valence-corrected chi connectivity index (χ4v) is 2.66. The van der Waals surface area contributed by atoms with Crippen LogP contribution in [0, 0.1) is 0 Å². The molecule has 4 atom stereocenters. The maximum Gasteiger partial charge on any atom is 0.260 e. The van der Waals surface area contributed by atoms with Gasteiger partial charge >= 0.3 is 0 Å². The van der Waals surface area contributed by atoms with Crippen molar-refractivity contribution in [3.63, 3.8) is 0 Å². The average molecular weight is 324 g/mol. The molecule has 3 rings (SSSR count). The number of hydrogen-bond donors (Lipinski definition) is 6. The van der Waals surface area contributed by atoms with E-state index >= 15 is 0 Å². The van der Waals surface area contributed by atoms with Crippen molar-refractivity contribution in [3.05, 3.63) is 28.4 Å². The topological polar surface area (TPSA) is 185 Å². The molecule has 0 bridgehead atoms. The summed E-state index contributed by atoms with van der Waals surface area (Å²) in [6.07, 6.45) is -2.04. The van der Waals surface area contributed by atoms with E-state index in [1.165, 1.54) is 17.1 Å². The van der Waals surface area contributed by atoms with Gasteiger partial charge in [-0.1, -0.05) is 0 Å².